The summed E-state index contributed by atoms with van der Waals surface area (Å²) in [5.41, 5.74) is 1.35. The lowest BCUT2D eigenvalue weighted by molar-refractivity contribution is -0.139. The summed E-state index contributed by atoms with van der Waals surface area (Å²) < 4.78 is 10.6. The maximum Gasteiger partial charge on any atom is 0.326 e. The smallest absolute Gasteiger partial charge is 0.326 e. The first-order chi connectivity index (χ1) is 12.1. The predicted octanol–water partition coefficient (Wildman–Crippen LogP) is 2.87. The second-order valence-corrected chi connectivity index (χ2v) is 5.57. The van der Waals surface area contributed by atoms with Crippen LogP contribution in [0.4, 0.5) is 0 Å². The minimum atomic E-state index is -1.10. The van der Waals surface area contributed by atoms with E-state index < -0.39 is 17.9 Å². The Morgan fingerprint density at radius 1 is 1.16 bits per heavy atom. The summed E-state index contributed by atoms with van der Waals surface area (Å²) in [6.07, 6.45) is 0.190. The lowest BCUT2D eigenvalue weighted by Crippen LogP contribution is -2.42. The van der Waals surface area contributed by atoms with Crippen molar-refractivity contribution < 1.29 is 23.8 Å². The van der Waals surface area contributed by atoms with Crippen LogP contribution >= 0.6 is 0 Å². The number of carboxylic acid groups (broad SMARTS) is 1. The first kappa shape index (κ1) is 16.6. The second-order valence-electron chi connectivity index (χ2n) is 5.57. The van der Waals surface area contributed by atoms with Crippen molar-refractivity contribution in [3.8, 4) is 5.75 Å². The minimum absolute atomic E-state index is 0.0579. The van der Waals surface area contributed by atoms with Gasteiger partial charge in [0.2, 0.25) is 0 Å². The van der Waals surface area contributed by atoms with Crippen molar-refractivity contribution in [2.24, 2.45) is 0 Å². The molecule has 0 aliphatic heterocycles. The molecule has 0 aliphatic rings. The fraction of sp³-hybridized carbons (Fsp3) is 0.158. The summed E-state index contributed by atoms with van der Waals surface area (Å²) in [7, 11) is 1.55. The fourth-order valence-corrected chi connectivity index (χ4v) is 2.54. The first-order valence-corrected chi connectivity index (χ1v) is 7.72. The van der Waals surface area contributed by atoms with E-state index in [0.717, 1.165) is 5.56 Å². The molecule has 0 unspecified atom stereocenters. The normalized spacial score (nSPS) is 11.9. The van der Waals surface area contributed by atoms with Crippen LogP contribution in [-0.4, -0.2) is 30.1 Å². The SMILES string of the molecule is COc1ccc2oc(C(=O)N[C@@H](Cc3ccccc3)C(=O)O)cc2c1. The van der Waals surface area contributed by atoms with E-state index in [-0.39, 0.29) is 12.2 Å². The van der Waals surface area contributed by atoms with E-state index in [1.54, 1.807) is 31.4 Å². The van der Waals surface area contributed by atoms with Crippen LogP contribution in [0.5, 0.6) is 5.75 Å². The summed E-state index contributed by atoms with van der Waals surface area (Å²) in [6, 6.07) is 14.8. The number of ether oxygens (including phenoxy) is 1. The lowest BCUT2D eigenvalue weighted by Gasteiger charge is -2.13. The van der Waals surface area contributed by atoms with Crippen LogP contribution in [0.1, 0.15) is 16.1 Å². The van der Waals surface area contributed by atoms with Crippen molar-refractivity contribution in [2.75, 3.05) is 7.11 Å². The molecule has 3 aromatic rings. The number of furan rings is 1. The van der Waals surface area contributed by atoms with Crippen LogP contribution < -0.4 is 10.1 Å². The molecule has 0 saturated carbocycles. The van der Waals surface area contributed by atoms with E-state index in [4.69, 9.17) is 9.15 Å². The van der Waals surface area contributed by atoms with Gasteiger partial charge in [0.15, 0.2) is 5.76 Å². The Hall–Kier alpha value is -3.28. The molecule has 6 nitrogen and oxygen atoms in total. The van der Waals surface area contributed by atoms with Gasteiger partial charge in [0.1, 0.15) is 17.4 Å². The van der Waals surface area contributed by atoms with Gasteiger partial charge < -0.3 is 19.6 Å². The molecular weight excluding hydrogens is 322 g/mol. The second kappa shape index (κ2) is 7.09. The number of methoxy groups -OCH3 is 1. The van der Waals surface area contributed by atoms with E-state index in [1.165, 1.54) is 0 Å². The number of amides is 1. The average molecular weight is 339 g/mol. The topological polar surface area (TPSA) is 88.8 Å². The van der Waals surface area contributed by atoms with E-state index in [0.29, 0.717) is 16.7 Å². The quantitative estimate of drug-likeness (QED) is 0.721. The number of hydrogen-bond acceptors (Lipinski definition) is 4. The third-order valence-electron chi connectivity index (χ3n) is 3.83. The molecule has 128 valence electrons. The van der Waals surface area contributed by atoms with Crippen LogP contribution in [0.2, 0.25) is 0 Å². The molecule has 6 heteroatoms. The van der Waals surface area contributed by atoms with Gasteiger partial charge >= 0.3 is 5.97 Å². The van der Waals surface area contributed by atoms with Gasteiger partial charge in [-0.05, 0) is 29.8 Å². The van der Waals surface area contributed by atoms with Crippen molar-refractivity contribution in [2.45, 2.75) is 12.5 Å². The van der Waals surface area contributed by atoms with Crippen molar-refractivity contribution in [3.05, 3.63) is 65.9 Å². The average Bonchev–Trinajstić information content (AvgIpc) is 3.05. The number of aliphatic carboxylic acids is 1. The Bertz CT molecular complexity index is 901. The fourth-order valence-electron chi connectivity index (χ4n) is 2.54. The van der Waals surface area contributed by atoms with E-state index in [1.807, 2.05) is 30.3 Å². The Morgan fingerprint density at radius 3 is 2.60 bits per heavy atom. The highest BCUT2D eigenvalue weighted by molar-refractivity contribution is 5.98. The molecule has 1 aromatic heterocycles. The number of carboxylic acids is 1. The minimum Gasteiger partial charge on any atom is -0.497 e. The van der Waals surface area contributed by atoms with E-state index >= 15 is 0 Å². The first-order valence-electron chi connectivity index (χ1n) is 7.72. The third-order valence-corrected chi connectivity index (χ3v) is 3.83. The van der Waals surface area contributed by atoms with Crippen molar-refractivity contribution in [1.29, 1.82) is 0 Å². The molecule has 1 atom stereocenters. The Morgan fingerprint density at radius 2 is 1.92 bits per heavy atom. The molecule has 0 bridgehead atoms. The van der Waals surface area contributed by atoms with E-state index in [9.17, 15) is 14.7 Å². The summed E-state index contributed by atoms with van der Waals surface area (Å²) in [5.74, 6) is -0.969. The Balaban J connectivity index is 1.78. The van der Waals surface area contributed by atoms with Crippen LogP contribution in [0.15, 0.2) is 59.0 Å². The zero-order chi connectivity index (χ0) is 17.8. The molecule has 2 aromatic carbocycles. The number of carbonyl (C=O) groups is 2. The van der Waals surface area contributed by atoms with E-state index in [2.05, 4.69) is 5.32 Å². The molecular formula is C19H17NO5. The number of carbonyl (C=O) groups excluding carboxylic acids is 1. The Kier molecular flexibility index (Phi) is 4.70. The van der Waals surface area contributed by atoms with Gasteiger partial charge in [-0.1, -0.05) is 30.3 Å². The zero-order valence-electron chi connectivity index (χ0n) is 13.6. The van der Waals surface area contributed by atoms with Gasteiger partial charge in [-0.25, -0.2) is 4.79 Å². The number of nitrogens with one attached hydrogen (secondary N) is 1. The molecule has 1 heterocycles. The Labute approximate surface area is 144 Å². The van der Waals surface area contributed by atoms with Crippen LogP contribution in [0.25, 0.3) is 11.0 Å². The van der Waals surface area contributed by atoms with Crippen molar-refractivity contribution >= 4 is 22.8 Å². The molecule has 0 fully saturated rings. The highest BCUT2D eigenvalue weighted by Crippen LogP contribution is 2.24. The highest BCUT2D eigenvalue weighted by atomic mass is 16.5. The molecule has 0 radical (unpaired) electrons. The monoisotopic (exact) mass is 339 g/mol. The van der Waals surface area contributed by atoms with Gasteiger partial charge in [0, 0.05) is 11.8 Å². The number of benzene rings is 2. The van der Waals surface area contributed by atoms with Gasteiger partial charge in [0.25, 0.3) is 5.91 Å². The maximum atomic E-state index is 12.4. The van der Waals surface area contributed by atoms with Crippen molar-refractivity contribution in [1.82, 2.24) is 5.32 Å². The lowest BCUT2D eigenvalue weighted by atomic mass is 10.1. The molecule has 3 rings (SSSR count). The standard InChI is InChI=1S/C19H17NO5/c1-24-14-7-8-16-13(10-14)11-17(25-16)18(21)20-15(19(22)23)9-12-5-3-2-4-6-12/h2-8,10-11,15H,9H2,1H3,(H,20,21)(H,22,23)/t15-/m0/s1. The zero-order valence-corrected chi connectivity index (χ0v) is 13.6. The van der Waals surface area contributed by atoms with Crippen molar-refractivity contribution in [3.63, 3.8) is 0 Å². The molecule has 2 N–H and O–H groups in total. The summed E-state index contributed by atoms with van der Waals surface area (Å²) in [6.45, 7) is 0. The van der Waals surface area contributed by atoms with Gasteiger partial charge in [0.05, 0.1) is 7.11 Å². The summed E-state index contributed by atoms with van der Waals surface area (Å²) >= 11 is 0. The molecule has 0 aliphatic carbocycles. The summed E-state index contributed by atoms with van der Waals surface area (Å²) in [5, 5.41) is 12.6. The van der Waals surface area contributed by atoms with Crippen LogP contribution in [0, 0.1) is 0 Å². The summed E-state index contributed by atoms with van der Waals surface area (Å²) in [4.78, 5) is 23.8. The predicted molar refractivity (Wildman–Crippen MR) is 91.8 cm³/mol. The number of rotatable bonds is 6. The molecule has 1 amide bonds. The number of fused-ring (bicyclic) bond motifs is 1. The van der Waals surface area contributed by atoms with Crippen LogP contribution in [-0.2, 0) is 11.2 Å². The molecule has 0 spiro atoms. The number of hydrogen-bond donors (Lipinski definition) is 2. The van der Waals surface area contributed by atoms with Gasteiger partial charge in [-0.2, -0.15) is 0 Å². The third kappa shape index (κ3) is 3.80. The largest absolute Gasteiger partial charge is 0.497 e. The molecule has 25 heavy (non-hydrogen) atoms. The van der Waals surface area contributed by atoms with Gasteiger partial charge in [-0.3, -0.25) is 4.79 Å². The van der Waals surface area contributed by atoms with Gasteiger partial charge in [-0.15, -0.1) is 0 Å². The highest BCUT2D eigenvalue weighted by Gasteiger charge is 2.23. The molecule has 0 saturated heterocycles. The maximum absolute atomic E-state index is 12.4. The van der Waals surface area contributed by atoms with Crippen LogP contribution in [0.3, 0.4) is 0 Å².